The second-order valence-electron chi connectivity index (χ2n) is 8.31. The highest BCUT2D eigenvalue weighted by Gasteiger charge is 2.24. The average Bonchev–Trinajstić information content (AvgIpc) is 3.21. The summed E-state index contributed by atoms with van der Waals surface area (Å²) < 4.78 is 1.58. The summed E-state index contributed by atoms with van der Waals surface area (Å²) in [5.41, 5.74) is 8.27. The van der Waals surface area contributed by atoms with E-state index in [9.17, 15) is 14.4 Å². The Bertz CT molecular complexity index is 1530. The number of halogens is 3. The number of hydrogen-bond acceptors (Lipinski definition) is 4. The van der Waals surface area contributed by atoms with E-state index in [4.69, 9.17) is 40.5 Å². The molecule has 0 atom stereocenters. The fraction of sp³-hybridized carbons (Fsp3) is 0.111. The lowest BCUT2D eigenvalue weighted by molar-refractivity contribution is -0.117. The van der Waals surface area contributed by atoms with Crippen LogP contribution in [-0.2, 0) is 4.79 Å². The first-order valence-corrected chi connectivity index (χ1v) is 12.6. The third-order valence-electron chi connectivity index (χ3n) is 5.67. The Morgan fingerprint density at radius 3 is 2.29 bits per heavy atom. The van der Waals surface area contributed by atoms with Gasteiger partial charge in [0.1, 0.15) is 0 Å². The molecule has 0 aliphatic heterocycles. The van der Waals surface area contributed by atoms with Gasteiger partial charge in [-0.25, -0.2) is 4.68 Å². The van der Waals surface area contributed by atoms with Crippen LogP contribution >= 0.6 is 34.8 Å². The minimum atomic E-state index is -0.532. The molecule has 1 heterocycles. The molecule has 0 radical (unpaired) electrons. The summed E-state index contributed by atoms with van der Waals surface area (Å²) in [6, 6.07) is 18.6. The van der Waals surface area contributed by atoms with E-state index in [2.05, 4.69) is 15.7 Å². The molecule has 11 heteroatoms. The monoisotopic (exact) mass is 569 g/mol. The molecule has 38 heavy (non-hydrogen) atoms. The first-order chi connectivity index (χ1) is 18.2. The second kappa shape index (κ2) is 11.7. The van der Waals surface area contributed by atoms with Crippen LogP contribution in [0.1, 0.15) is 32.8 Å². The summed E-state index contributed by atoms with van der Waals surface area (Å²) in [6.07, 6.45) is -0.00235. The fourth-order valence-corrected chi connectivity index (χ4v) is 4.47. The van der Waals surface area contributed by atoms with Gasteiger partial charge in [-0.1, -0.05) is 59.1 Å². The molecule has 0 unspecified atom stereocenters. The van der Waals surface area contributed by atoms with Crippen LogP contribution in [0.4, 0.5) is 5.69 Å². The number of benzene rings is 3. The van der Waals surface area contributed by atoms with Crippen molar-refractivity contribution in [3.8, 4) is 16.9 Å². The Morgan fingerprint density at radius 1 is 0.921 bits per heavy atom. The zero-order valence-corrected chi connectivity index (χ0v) is 22.4. The van der Waals surface area contributed by atoms with E-state index in [0.29, 0.717) is 32.0 Å². The van der Waals surface area contributed by atoms with Gasteiger partial charge in [0.25, 0.3) is 11.8 Å². The van der Waals surface area contributed by atoms with Gasteiger partial charge in [0.2, 0.25) is 5.91 Å². The van der Waals surface area contributed by atoms with Crippen LogP contribution < -0.4 is 16.4 Å². The van der Waals surface area contributed by atoms with Crippen LogP contribution in [0.3, 0.4) is 0 Å². The third-order valence-corrected chi connectivity index (χ3v) is 6.46. The van der Waals surface area contributed by atoms with E-state index >= 15 is 0 Å². The van der Waals surface area contributed by atoms with Gasteiger partial charge in [0, 0.05) is 34.1 Å². The van der Waals surface area contributed by atoms with E-state index < -0.39 is 17.7 Å². The average molecular weight is 571 g/mol. The number of primary amides is 1. The van der Waals surface area contributed by atoms with Gasteiger partial charge in [-0.3, -0.25) is 14.4 Å². The van der Waals surface area contributed by atoms with Crippen molar-refractivity contribution in [3.05, 3.63) is 98.6 Å². The SMILES string of the molecule is Cc1c(C(=O)Nc2ccccc2C(=O)NCCC(N)=O)nn(-c2ccc(Cl)cc2Cl)c1-c1ccc(Cl)cc1. The predicted molar refractivity (Wildman–Crippen MR) is 149 cm³/mol. The molecule has 0 spiro atoms. The predicted octanol–water partition coefficient (Wildman–Crippen LogP) is 5.67. The Kier molecular flexibility index (Phi) is 8.36. The number of nitrogens with zero attached hydrogens (tertiary/aromatic N) is 2. The van der Waals surface area contributed by atoms with Crippen molar-refractivity contribution in [2.75, 3.05) is 11.9 Å². The minimum absolute atomic E-state index is 0.00235. The van der Waals surface area contributed by atoms with Crippen molar-refractivity contribution in [1.29, 1.82) is 0 Å². The van der Waals surface area contributed by atoms with Crippen molar-refractivity contribution >= 4 is 58.2 Å². The Morgan fingerprint density at radius 2 is 1.61 bits per heavy atom. The largest absolute Gasteiger partial charge is 0.370 e. The molecule has 8 nitrogen and oxygen atoms in total. The zero-order valence-electron chi connectivity index (χ0n) is 20.1. The zero-order chi connectivity index (χ0) is 27.4. The van der Waals surface area contributed by atoms with Crippen LogP contribution in [0.15, 0.2) is 66.7 Å². The van der Waals surface area contributed by atoms with Gasteiger partial charge in [-0.05, 0) is 49.4 Å². The molecule has 194 valence electrons. The number of para-hydroxylation sites is 1. The number of hydrogen-bond donors (Lipinski definition) is 3. The molecule has 0 bridgehead atoms. The van der Waals surface area contributed by atoms with Gasteiger partial charge < -0.3 is 16.4 Å². The normalized spacial score (nSPS) is 10.7. The highest BCUT2D eigenvalue weighted by Crippen LogP contribution is 2.33. The maximum atomic E-state index is 13.5. The minimum Gasteiger partial charge on any atom is -0.370 e. The van der Waals surface area contributed by atoms with Crippen molar-refractivity contribution in [3.63, 3.8) is 0 Å². The number of anilines is 1. The maximum absolute atomic E-state index is 13.5. The highest BCUT2D eigenvalue weighted by molar-refractivity contribution is 6.35. The third kappa shape index (κ3) is 5.99. The molecule has 4 aromatic rings. The summed E-state index contributed by atoms with van der Waals surface area (Å²) in [4.78, 5) is 37.2. The molecular weight excluding hydrogens is 549 g/mol. The number of rotatable bonds is 8. The van der Waals surface area contributed by atoms with Gasteiger partial charge in [0.05, 0.1) is 27.7 Å². The van der Waals surface area contributed by atoms with Crippen LogP contribution in [0, 0.1) is 6.92 Å². The molecule has 0 aliphatic rings. The van der Waals surface area contributed by atoms with E-state index in [-0.39, 0.29) is 29.9 Å². The lowest BCUT2D eigenvalue weighted by Gasteiger charge is -2.11. The van der Waals surface area contributed by atoms with Crippen molar-refractivity contribution in [1.82, 2.24) is 15.1 Å². The fourth-order valence-electron chi connectivity index (χ4n) is 3.85. The lowest BCUT2D eigenvalue weighted by atomic mass is 10.1. The quantitative estimate of drug-likeness (QED) is 0.253. The standard InChI is InChI=1S/C27H22Cl3N5O3/c1-15-24(27(38)33-21-5-3-2-4-19(21)26(37)32-13-12-23(31)36)34-35(22-11-10-18(29)14-20(22)30)25(15)16-6-8-17(28)9-7-16/h2-11,14H,12-13H2,1H3,(H2,31,36)(H,32,37)(H,33,38). The van der Waals surface area contributed by atoms with Crippen LogP contribution in [-0.4, -0.2) is 34.0 Å². The molecule has 0 saturated carbocycles. The van der Waals surface area contributed by atoms with Gasteiger partial charge in [0.15, 0.2) is 5.69 Å². The van der Waals surface area contributed by atoms with Crippen LogP contribution in [0.2, 0.25) is 15.1 Å². The van der Waals surface area contributed by atoms with Crippen LogP contribution in [0.25, 0.3) is 16.9 Å². The smallest absolute Gasteiger partial charge is 0.276 e. The molecule has 0 aliphatic carbocycles. The van der Waals surface area contributed by atoms with Crippen LogP contribution in [0.5, 0.6) is 0 Å². The lowest BCUT2D eigenvalue weighted by Crippen LogP contribution is -2.29. The number of aromatic nitrogens is 2. The first-order valence-electron chi connectivity index (χ1n) is 11.4. The summed E-state index contributed by atoms with van der Waals surface area (Å²) >= 11 is 18.7. The van der Waals surface area contributed by atoms with Crippen molar-refractivity contribution < 1.29 is 14.4 Å². The van der Waals surface area contributed by atoms with Gasteiger partial charge >= 0.3 is 0 Å². The molecular formula is C27H22Cl3N5O3. The number of carbonyl (C=O) groups excluding carboxylic acids is 3. The molecule has 3 aromatic carbocycles. The number of nitrogens with one attached hydrogen (secondary N) is 2. The first kappa shape index (κ1) is 27.2. The van der Waals surface area contributed by atoms with E-state index in [1.807, 2.05) is 12.1 Å². The summed E-state index contributed by atoms with van der Waals surface area (Å²) in [6.45, 7) is 1.85. The van der Waals surface area contributed by atoms with Crippen molar-refractivity contribution in [2.24, 2.45) is 5.73 Å². The topological polar surface area (TPSA) is 119 Å². The van der Waals surface area contributed by atoms with Gasteiger partial charge in [-0.15, -0.1) is 0 Å². The molecule has 1 aromatic heterocycles. The summed E-state index contributed by atoms with van der Waals surface area (Å²) in [7, 11) is 0. The maximum Gasteiger partial charge on any atom is 0.276 e. The molecule has 0 saturated heterocycles. The molecule has 0 fully saturated rings. The summed E-state index contributed by atoms with van der Waals surface area (Å²) in [5, 5.41) is 11.4. The Hall–Kier alpha value is -3.85. The van der Waals surface area contributed by atoms with E-state index in [1.165, 1.54) is 0 Å². The number of carbonyl (C=O) groups is 3. The number of nitrogens with two attached hydrogens (primary N) is 1. The number of amides is 3. The second-order valence-corrected chi connectivity index (χ2v) is 9.59. The Balaban J connectivity index is 1.73. The van der Waals surface area contributed by atoms with E-state index in [1.54, 1.807) is 66.2 Å². The molecule has 3 amide bonds. The van der Waals surface area contributed by atoms with Gasteiger partial charge in [-0.2, -0.15) is 5.10 Å². The molecule has 4 rings (SSSR count). The Labute approximate surface area is 233 Å². The summed E-state index contributed by atoms with van der Waals surface area (Å²) in [5.74, 6) is -1.52. The molecule has 4 N–H and O–H groups in total. The van der Waals surface area contributed by atoms with E-state index in [0.717, 1.165) is 5.56 Å². The van der Waals surface area contributed by atoms with Crippen molar-refractivity contribution in [2.45, 2.75) is 13.3 Å². The highest BCUT2D eigenvalue weighted by atomic mass is 35.5.